The molecule has 0 spiro atoms. The van der Waals surface area contributed by atoms with Crippen LogP contribution in [0.1, 0.15) is 26.3 Å². The van der Waals surface area contributed by atoms with E-state index < -0.39 is 21.9 Å². The van der Waals surface area contributed by atoms with Crippen LogP contribution in [0, 0.1) is 0 Å². The van der Waals surface area contributed by atoms with Gasteiger partial charge in [0.05, 0.1) is 18.4 Å². The second-order valence-corrected chi connectivity index (χ2v) is 9.86. The van der Waals surface area contributed by atoms with E-state index in [4.69, 9.17) is 10.5 Å². The summed E-state index contributed by atoms with van der Waals surface area (Å²) in [5.74, 6) is -1.84. The lowest BCUT2D eigenvalue weighted by Crippen LogP contribution is -2.27. The molecule has 3 rings (SSSR count). The molecule has 5 N–H and O–H groups in total. The SMILES string of the molecule is COc1ccc(C(=O)Nc2ccc(Br)cc2C(=O)O)cc1S(=O)(=O)NCCc1ccc(N)cc1. The van der Waals surface area contributed by atoms with E-state index in [1.807, 2.05) is 12.1 Å². The van der Waals surface area contributed by atoms with E-state index in [0.717, 1.165) is 5.56 Å². The van der Waals surface area contributed by atoms with Gasteiger partial charge in [-0.15, -0.1) is 0 Å². The number of aromatic carboxylic acids is 1. The number of carboxylic acid groups (broad SMARTS) is 1. The summed E-state index contributed by atoms with van der Waals surface area (Å²) in [6, 6.07) is 15.4. The molecule has 0 aliphatic rings. The zero-order valence-electron chi connectivity index (χ0n) is 18.0. The van der Waals surface area contributed by atoms with E-state index in [0.29, 0.717) is 16.6 Å². The first-order chi connectivity index (χ1) is 16.1. The van der Waals surface area contributed by atoms with Gasteiger partial charge in [-0.05, 0) is 60.5 Å². The molecule has 0 aliphatic carbocycles. The largest absolute Gasteiger partial charge is 0.495 e. The molecule has 0 fully saturated rings. The zero-order chi connectivity index (χ0) is 24.9. The van der Waals surface area contributed by atoms with Crippen LogP contribution in [0.3, 0.4) is 0 Å². The van der Waals surface area contributed by atoms with Crippen LogP contribution in [-0.4, -0.2) is 39.1 Å². The highest BCUT2D eigenvalue weighted by molar-refractivity contribution is 9.10. The van der Waals surface area contributed by atoms with Crippen molar-refractivity contribution >= 4 is 49.2 Å². The molecule has 0 unspecified atom stereocenters. The molecule has 0 heterocycles. The Balaban J connectivity index is 1.81. The smallest absolute Gasteiger partial charge is 0.337 e. The first-order valence-corrected chi connectivity index (χ1v) is 12.2. The molecule has 3 aromatic carbocycles. The molecular formula is C23H22BrN3O6S. The number of methoxy groups -OCH3 is 1. The normalized spacial score (nSPS) is 11.1. The summed E-state index contributed by atoms with van der Waals surface area (Å²) < 4.78 is 34.1. The van der Waals surface area contributed by atoms with Crippen molar-refractivity contribution in [1.82, 2.24) is 4.72 Å². The number of sulfonamides is 1. The van der Waals surface area contributed by atoms with Crippen LogP contribution < -0.4 is 20.5 Å². The first kappa shape index (κ1) is 25.2. The van der Waals surface area contributed by atoms with Crippen LogP contribution in [0.5, 0.6) is 5.75 Å². The minimum absolute atomic E-state index is 0.0129. The van der Waals surface area contributed by atoms with Crippen LogP contribution in [-0.2, 0) is 16.4 Å². The highest BCUT2D eigenvalue weighted by Gasteiger charge is 2.22. The zero-order valence-corrected chi connectivity index (χ0v) is 20.4. The number of hydrogen-bond acceptors (Lipinski definition) is 6. The monoisotopic (exact) mass is 547 g/mol. The molecule has 0 radical (unpaired) electrons. The summed E-state index contributed by atoms with van der Waals surface area (Å²) in [5.41, 5.74) is 7.14. The van der Waals surface area contributed by atoms with Gasteiger partial charge in [0.15, 0.2) is 0 Å². The lowest BCUT2D eigenvalue weighted by atomic mass is 10.1. The van der Waals surface area contributed by atoms with Crippen molar-refractivity contribution in [3.8, 4) is 5.75 Å². The van der Waals surface area contributed by atoms with E-state index in [1.165, 1.54) is 37.4 Å². The highest BCUT2D eigenvalue weighted by Crippen LogP contribution is 2.26. The van der Waals surface area contributed by atoms with Crippen molar-refractivity contribution < 1.29 is 27.9 Å². The number of carbonyl (C=O) groups is 2. The molecule has 0 aromatic heterocycles. The van der Waals surface area contributed by atoms with Crippen molar-refractivity contribution in [1.29, 1.82) is 0 Å². The van der Waals surface area contributed by atoms with Gasteiger partial charge < -0.3 is 20.9 Å². The molecule has 34 heavy (non-hydrogen) atoms. The number of hydrogen-bond donors (Lipinski definition) is 4. The number of nitrogen functional groups attached to an aromatic ring is 1. The number of halogens is 1. The molecule has 0 bridgehead atoms. The fourth-order valence-corrected chi connectivity index (χ4v) is 4.70. The third kappa shape index (κ3) is 6.13. The summed E-state index contributed by atoms with van der Waals surface area (Å²) in [7, 11) is -2.69. The minimum Gasteiger partial charge on any atom is -0.495 e. The predicted octanol–water partition coefficient (Wildman–Crippen LogP) is 3.51. The molecule has 0 atom stereocenters. The van der Waals surface area contributed by atoms with Gasteiger partial charge in [-0.3, -0.25) is 4.79 Å². The summed E-state index contributed by atoms with van der Waals surface area (Å²) in [5, 5.41) is 11.9. The number of anilines is 2. The standard InChI is InChI=1S/C23H22BrN3O6S/c1-33-20-9-4-15(22(28)27-19-8-5-16(24)13-18(19)23(29)30)12-21(20)34(31,32)26-11-10-14-2-6-17(25)7-3-14/h2-9,12-13,26H,10-11,25H2,1H3,(H,27,28)(H,29,30). The minimum atomic E-state index is -4.02. The maximum atomic E-state index is 12.9. The van der Waals surface area contributed by atoms with Crippen LogP contribution in [0.15, 0.2) is 70.0 Å². The summed E-state index contributed by atoms with van der Waals surface area (Å²) in [4.78, 5) is 24.1. The summed E-state index contributed by atoms with van der Waals surface area (Å²) in [6.07, 6.45) is 0.434. The lowest BCUT2D eigenvalue weighted by molar-refractivity contribution is 0.0698. The Hall–Kier alpha value is -3.41. The van der Waals surface area contributed by atoms with Crippen LogP contribution in [0.2, 0.25) is 0 Å². The molecule has 178 valence electrons. The number of amides is 1. The van der Waals surface area contributed by atoms with Gasteiger partial charge in [0, 0.05) is 22.3 Å². The summed E-state index contributed by atoms with van der Waals surface area (Å²) in [6.45, 7) is 0.118. The Kier molecular flexibility index (Phi) is 7.92. The second kappa shape index (κ2) is 10.7. The van der Waals surface area contributed by atoms with E-state index in [-0.39, 0.29) is 34.0 Å². The van der Waals surface area contributed by atoms with Gasteiger partial charge in [-0.1, -0.05) is 28.1 Å². The molecule has 9 nitrogen and oxygen atoms in total. The van der Waals surface area contributed by atoms with Crippen molar-refractivity contribution in [3.05, 3.63) is 81.8 Å². The van der Waals surface area contributed by atoms with Crippen LogP contribution in [0.4, 0.5) is 11.4 Å². The molecule has 0 saturated carbocycles. The van der Waals surface area contributed by atoms with Gasteiger partial charge in [-0.2, -0.15) is 0 Å². The topological polar surface area (TPSA) is 148 Å². The van der Waals surface area contributed by atoms with Crippen molar-refractivity contribution in [2.24, 2.45) is 0 Å². The Morgan fingerprint density at radius 3 is 2.41 bits per heavy atom. The van der Waals surface area contributed by atoms with Gasteiger partial charge in [0.2, 0.25) is 10.0 Å². The Bertz CT molecular complexity index is 1330. The molecule has 0 saturated heterocycles. The van der Waals surface area contributed by atoms with Crippen molar-refractivity contribution in [2.45, 2.75) is 11.3 Å². The average Bonchev–Trinajstić information content (AvgIpc) is 2.80. The predicted molar refractivity (Wildman–Crippen MR) is 132 cm³/mol. The average molecular weight is 548 g/mol. The lowest BCUT2D eigenvalue weighted by Gasteiger charge is -2.13. The summed E-state index contributed by atoms with van der Waals surface area (Å²) >= 11 is 3.19. The van der Waals surface area contributed by atoms with Gasteiger partial charge in [-0.25, -0.2) is 17.9 Å². The number of carboxylic acids is 1. The number of rotatable bonds is 9. The van der Waals surface area contributed by atoms with Crippen molar-refractivity contribution in [3.63, 3.8) is 0 Å². The third-order valence-electron chi connectivity index (χ3n) is 4.86. The number of ether oxygens (including phenoxy) is 1. The fourth-order valence-electron chi connectivity index (χ4n) is 3.12. The first-order valence-electron chi connectivity index (χ1n) is 9.97. The van der Waals surface area contributed by atoms with Gasteiger partial charge >= 0.3 is 5.97 Å². The van der Waals surface area contributed by atoms with Gasteiger partial charge in [0.25, 0.3) is 5.91 Å². The molecule has 0 aliphatic heterocycles. The maximum absolute atomic E-state index is 12.9. The Morgan fingerprint density at radius 2 is 1.76 bits per heavy atom. The molecule has 11 heteroatoms. The van der Waals surface area contributed by atoms with Crippen LogP contribution >= 0.6 is 15.9 Å². The number of carbonyl (C=O) groups excluding carboxylic acids is 1. The number of nitrogens with two attached hydrogens (primary N) is 1. The third-order valence-corrected chi connectivity index (χ3v) is 6.84. The van der Waals surface area contributed by atoms with Crippen molar-refractivity contribution in [2.75, 3.05) is 24.7 Å². The highest BCUT2D eigenvalue weighted by atomic mass is 79.9. The number of benzene rings is 3. The molecular weight excluding hydrogens is 526 g/mol. The van der Waals surface area contributed by atoms with E-state index in [9.17, 15) is 23.1 Å². The maximum Gasteiger partial charge on any atom is 0.337 e. The van der Waals surface area contributed by atoms with Gasteiger partial charge in [0.1, 0.15) is 10.6 Å². The second-order valence-electron chi connectivity index (χ2n) is 7.20. The van der Waals surface area contributed by atoms with E-state index >= 15 is 0 Å². The van der Waals surface area contributed by atoms with Crippen LogP contribution in [0.25, 0.3) is 0 Å². The molecule has 1 amide bonds. The molecule has 3 aromatic rings. The quantitative estimate of drug-likeness (QED) is 0.299. The number of nitrogens with one attached hydrogen (secondary N) is 2. The fraction of sp³-hybridized carbons (Fsp3) is 0.130. The van der Waals surface area contributed by atoms with E-state index in [2.05, 4.69) is 26.0 Å². The Morgan fingerprint density at radius 1 is 1.06 bits per heavy atom. The van der Waals surface area contributed by atoms with E-state index in [1.54, 1.807) is 18.2 Å². The Labute approximate surface area is 205 Å².